The Labute approximate surface area is 90.2 Å². The van der Waals surface area contributed by atoms with E-state index < -0.39 is 0 Å². The van der Waals surface area contributed by atoms with E-state index in [4.69, 9.17) is 5.73 Å². The summed E-state index contributed by atoms with van der Waals surface area (Å²) in [6.07, 6.45) is 0. The fourth-order valence-electron chi connectivity index (χ4n) is 0.758. The third-order valence-electron chi connectivity index (χ3n) is 2.11. The molecule has 0 aromatic rings. The number of carbonyl (C=O) groups excluding carboxylic acids is 2. The maximum atomic E-state index is 11.2. The van der Waals surface area contributed by atoms with Crippen molar-refractivity contribution < 1.29 is 9.59 Å². The first-order valence-electron chi connectivity index (χ1n) is 4.87. The van der Waals surface area contributed by atoms with Crippen molar-refractivity contribution in [1.82, 2.24) is 15.5 Å². The number of nitrogens with two attached hydrogens (primary N) is 1. The predicted octanol–water partition coefficient (Wildman–Crippen LogP) is -1.87. The second kappa shape index (κ2) is 7.19. The van der Waals surface area contributed by atoms with Crippen LogP contribution in [-0.2, 0) is 9.59 Å². The molecule has 0 fully saturated rings. The van der Waals surface area contributed by atoms with Gasteiger partial charge in [0.05, 0.1) is 13.1 Å². The molecule has 1 atom stereocenters. The van der Waals surface area contributed by atoms with E-state index in [1.165, 1.54) is 0 Å². The van der Waals surface area contributed by atoms with Gasteiger partial charge >= 0.3 is 0 Å². The quantitative estimate of drug-likeness (QED) is 0.485. The van der Waals surface area contributed by atoms with E-state index >= 15 is 0 Å². The van der Waals surface area contributed by atoms with Crippen LogP contribution in [0.4, 0.5) is 0 Å². The topological polar surface area (TPSA) is 87.5 Å². The van der Waals surface area contributed by atoms with E-state index in [0.29, 0.717) is 6.54 Å². The van der Waals surface area contributed by atoms with Crippen LogP contribution in [0.25, 0.3) is 0 Å². The van der Waals surface area contributed by atoms with Gasteiger partial charge in [-0.05, 0) is 21.0 Å². The van der Waals surface area contributed by atoms with Gasteiger partial charge in [0.25, 0.3) is 0 Å². The van der Waals surface area contributed by atoms with Crippen LogP contribution in [0.3, 0.4) is 0 Å². The summed E-state index contributed by atoms with van der Waals surface area (Å²) in [5.41, 5.74) is 5.07. The molecule has 0 aromatic carbocycles. The van der Waals surface area contributed by atoms with E-state index in [9.17, 15) is 9.59 Å². The highest BCUT2D eigenvalue weighted by Crippen LogP contribution is 1.87. The standard InChI is InChI=1S/C9H20N4O2/c1-7(13(2)3)5-11-9(15)6-12-8(14)4-10/h7H,4-6,10H2,1-3H3,(H,11,15)(H,12,14). The van der Waals surface area contributed by atoms with Crippen LogP contribution >= 0.6 is 0 Å². The van der Waals surface area contributed by atoms with Gasteiger partial charge in [0.2, 0.25) is 11.8 Å². The zero-order valence-corrected chi connectivity index (χ0v) is 9.54. The number of carbonyl (C=O) groups is 2. The highest BCUT2D eigenvalue weighted by Gasteiger charge is 2.07. The summed E-state index contributed by atoms with van der Waals surface area (Å²) < 4.78 is 0. The van der Waals surface area contributed by atoms with Gasteiger partial charge in [-0.3, -0.25) is 9.59 Å². The van der Waals surface area contributed by atoms with Crippen molar-refractivity contribution in [3.05, 3.63) is 0 Å². The average Bonchev–Trinajstić information content (AvgIpc) is 2.21. The van der Waals surface area contributed by atoms with Crippen molar-refractivity contribution in [2.75, 3.05) is 33.7 Å². The number of nitrogens with one attached hydrogen (secondary N) is 2. The van der Waals surface area contributed by atoms with Gasteiger partial charge in [-0.2, -0.15) is 0 Å². The molecule has 0 spiro atoms. The van der Waals surface area contributed by atoms with Gasteiger partial charge in [-0.1, -0.05) is 0 Å². The van der Waals surface area contributed by atoms with Crippen molar-refractivity contribution in [3.8, 4) is 0 Å². The number of hydrogen-bond acceptors (Lipinski definition) is 4. The van der Waals surface area contributed by atoms with Crippen molar-refractivity contribution >= 4 is 11.8 Å². The van der Waals surface area contributed by atoms with Crippen molar-refractivity contribution in [2.24, 2.45) is 5.73 Å². The Hall–Kier alpha value is -1.14. The molecule has 0 bridgehead atoms. The smallest absolute Gasteiger partial charge is 0.239 e. The number of hydrogen-bond donors (Lipinski definition) is 3. The first-order chi connectivity index (χ1) is 6.97. The molecule has 0 saturated carbocycles. The first-order valence-corrected chi connectivity index (χ1v) is 4.87. The Morgan fingerprint density at radius 2 is 1.87 bits per heavy atom. The van der Waals surface area contributed by atoms with Crippen LogP contribution < -0.4 is 16.4 Å². The molecule has 0 aromatic heterocycles. The third-order valence-corrected chi connectivity index (χ3v) is 2.11. The number of rotatable bonds is 6. The van der Waals surface area contributed by atoms with E-state index in [1.54, 1.807) is 0 Å². The van der Waals surface area contributed by atoms with Crippen molar-refractivity contribution in [3.63, 3.8) is 0 Å². The van der Waals surface area contributed by atoms with Gasteiger partial charge in [-0.25, -0.2) is 0 Å². The normalized spacial score (nSPS) is 12.3. The first kappa shape index (κ1) is 13.9. The van der Waals surface area contributed by atoms with E-state index in [1.807, 2.05) is 25.9 Å². The molecule has 0 rings (SSSR count). The molecular weight excluding hydrogens is 196 g/mol. The van der Waals surface area contributed by atoms with E-state index in [2.05, 4.69) is 10.6 Å². The van der Waals surface area contributed by atoms with Crippen LogP contribution in [0.15, 0.2) is 0 Å². The summed E-state index contributed by atoms with van der Waals surface area (Å²) in [5.74, 6) is -0.531. The second-order valence-electron chi connectivity index (χ2n) is 3.60. The molecule has 4 N–H and O–H groups in total. The summed E-state index contributed by atoms with van der Waals surface area (Å²) in [6.45, 7) is 2.45. The molecule has 0 saturated heterocycles. The lowest BCUT2D eigenvalue weighted by atomic mass is 10.3. The molecule has 88 valence electrons. The van der Waals surface area contributed by atoms with Crippen LogP contribution in [0, 0.1) is 0 Å². The summed E-state index contributed by atoms with van der Waals surface area (Å²) in [7, 11) is 3.88. The number of nitrogens with zero attached hydrogens (tertiary/aromatic N) is 1. The maximum absolute atomic E-state index is 11.2. The molecular formula is C9H20N4O2. The third kappa shape index (κ3) is 6.87. The van der Waals surface area contributed by atoms with Crippen LogP contribution in [0.5, 0.6) is 0 Å². The molecule has 0 aliphatic rings. The number of likely N-dealkylation sites (N-methyl/N-ethyl adjacent to an activating group) is 1. The Kier molecular flexibility index (Phi) is 6.64. The molecule has 0 heterocycles. The maximum Gasteiger partial charge on any atom is 0.239 e. The van der Waals surface area contributed by atoms with Gasteiger partial charge < -0.3 is 21.3 Å². The minimum absolute atomic E-state index is 0.0177. The second-order valence-corrected chi connectivity index (χ2v) is 3.60. The monoisotopic (exact) mass is 216 g/mol. The largest absolute Gasteiger partial charge is 0.353 e. The van der Waals surface area contributed by atoms with Crippen LogP contribution in [0.2, 0.25) is 0 Å². The van der Waals surface area contributed by atoms with Crippen LogP contribution in [-0.4, -0.2) is 56.5 Å². The minimum Gasteiger partial charge on any atom is -0.353 e. The molecule has 6 nitrogen and oxygen atoms in total. The minimum atomic E-state index is -0.328. The Balaban J connectivity index is 3.62. The summed E-state index contributed by atoms with van der Waals surface area (Å²) in [4.78, 5) is 23.9. The lowest BCUT2D eigenvalue weighted by Gasteiger charge is -2.19. The highest BCUT2D eigenvalue weighted by atomic mass is 16.2. The molecule has 0 radical (unpaired) electrons. The van der Waals surface area contributed by atoms with Crippen LogP contribution in [0.1, 0.15) is 6.92 Å². The van der Waals surface area contributed by atoms with Gasteiger partial charge in [0.15, 0.2) is 0 Å². The average molecular weight is 216 g/mol. The molecule has 0 aliphatic heterocycles. The van der Waals surface area contributed by atoms with E-state index in [0.717, 1.165) is 0 Å². The summed E-state index contributed by atoms with van der Waals surface area (Å²) >= 11 is 0. The Morgan fingerprint density at radius 3 is 2.33 bits per heavy atom. The molecule has 1 unspecified atom stereocenters. The highest BCUT2D eigenvalue weighted by molar-refractivity contribution is 5.85. The zero-order valence-electron chi connectivity index (χ0n) is 9.54. The fraction of sp³-hybridized carbons (Fsp3) is 0.778. The zero-order chi connectivity index (χ0) is 11.8. The van der Waals surface area contributed by atoms with E-state index in [-0.39, 0.29) is 30.9 Å². The van der Waals surface area contributed by atoms with Crippen molar-refractivity contribution in [2.45, 2.75) is 13.0 Å². The lowest BCUT2D eigenvalue weighted by molar-refractivity contribution is -0.125. The lowest BCUT2D eigenvalue weighted by Crippen LogP contribution is -2.43. The predicted molar refractivity (Wildman–Crippen MR) is 58.2 cm³/mol. The van der Waals surface area contributed by atoms with Gasteiger partial charge in [0, 0.05) is 12.6 Å². The summed E-state index contributed by atoms with van der Waals surface area (Å²) in [5, 5.41) is 5.10. The van der Waals surface area contributed by atoms with Gasteiger partial charge in [0.1, 0.15) is 0 Å². The SMILES string of the molecule is CC(CNC(=O)CNC(=O)CN)N(C)C. The Morgan fingerprint density at radius 1 is 1.27 bits per heavy atom. The number of amides is 2. The molecule has 2 amide bonds. The fourth-order valence-corrected chi connectivity index (χ4v) is 0.758. The van der Waals surface area contributed by atoms with Gasteiger partial charge in [-0.15, -0.1) is 0 Å². The van der Waals surface area contributed by atoms with Crippen molar-refractivity contribution in [1.29, 1.82) is 0 Å². The molecule has 6 heteroatoms. The molecule has 0 aliphatic carbocycles. The Bertz CT molecular complexity index is 218. The summed E-state index contributed by atoms with van der Waals surface area (Å²) in [6, 6.07) is 0.263. The molecule has 15 heavy (non-hydrogen) atoms.